The van der Waals surface area contributed by atoms with Crippen molar-refractivity contribution < 1.29 is 5.11 Å². The number of rotatable bonds is 6. The smallest absolute Gasteiger partial charge is 0.0443 e. The van der Waals surface area contributed by atoms with E-state index >= 15 is 0 Å². The highest BCUT2D eigenvalue weighted by Gasteiger charge is 2.19. The third kappa shape index (κ3) is 6.05. The molecule has 0 fully saturated rings. The summed E-state index contributed by atoms with van der Waals surface area (Å²) < 4.78 is 0. The summed E-state index contributed by atoms with van der Waals surface area (Å²) in [7, 11) is 0. The Morgan fingerprint density at radius 2 is 1.62 bits per heavy atom. The highest BCUT2D eigenvalue weighted by atomic mass is 16.3. The Morgan fingerprint density at radius 1 is 1.08 bits per heavy atom. The van der Waals surface area contributed by atoms with E-state index in [9.17, 15) is 0 Å². The molecule has 0 aliphatic carbocycles. The van der Waals surface area contributed by atoms with E-state index in [1.54, 1.807) is 0 Å². The van der Waals surface area contributed by atoms with Gasteiger partial charge in [0.1, 0.15) is 0 Å². The van der Waals surface area contributed by atoms with E-state index in [0.29, 0.717) is 6.61 Å². The van der Waals surface area contributed by atoms with Crippen LogP contribution in [0.5, 0.6) is 0 Å². The first-order chi connectivity index (χ1) is 6.02. The molecular weight excluding hydrogens is 162 g/mol. The monoisotopic (exact) mass is 187 g/mol. The van der Waals surface area contributed by atoms with Gasteiger partial charge in [0.2, 0.25) is 0 Å². The SMILES string of the molecule is CCCCN(CCCO)C(C)(C)C. The lowest BCUT2D eigenvalue weighted by Gasteiger charge is -2.35. The fourth-order valence-corrected chi connectivity index (χ4v) is 1.39. The van der Waals surface area contributed by atoms with Gasteiger partial charge in [0.15, 0.2) is 0 Å². The average molecular weight is 187 g/mol. The summed E-state index contributed by atoms with van der Waals surface area (Å²) in [5, 5.41) is 8.78. The van der Waals surface area contributed by atoms with E-state index in [2.05, 4.69) is 32.6 Å². The molecule has 80 valence electrons. The molecule has 0 radical (unpaired) electrons. The van der Waals surface area contributed by atoms with Crippen molar-refractivity contribution >= 4 is 0 Å². The Bertz CT molecular complexity index is 110. The minimum Gasteiger partial charge on any atom is -0.396 e. The van der Waals surface area contributed by atoms with E-state index in [-0.39, 0.29) is 5.54 Å². The summed E-state index contributed by atoms with van der Waals surface area (Å²) in [5.41, 5.74) is 0.240. The lowest BCUT2D eigenvalue weighted by Crippen LogP contribution is -2.42. The van der Waals surface area contributed by atoms with Crippen LogP contribution in [0.2, 0.25) is 0 Å². The molecule has 0 rings (SSSR count). The zero-order chi connectivity index (χ0) is 10.3. The minimum absolute atomic E-state index is 0.240. The Kier molecular flexibility index (Phi) is 6.35. The fourth-order valence-electron chi connectivity index (χ4n) is 1.39. The molecule has 0 amide bonds. The van der Waals surface area contributed by atoms with Crippen molar-refractivity contribution in [2.75, 3.05) is 19.7 Å². The van der Waals surface area contributed by atoms with E-state index < -0.39 is 0 Å². The molecule has 0 unspecified atom stereocenters. The van der Waals surface area contributed by atoms with Crippen molar-refractivity contribution in [2.24, 2.45) is 0 Å². The van der Waals surface area contributed by atoms with Gasteiger partial charge in [0.25, 0.3) is 0 Å². The highest BCUT2D eigenvalue weighted by molar-refractivity contribution is 4.75. The minimum atomic E-state index is 0.240. The molecule has 0 saturated carbocycles. The number of hydrogen-bond donors (Lipinski definition) is 1. The van der Waals surface area contributed by atoms with Crippen LogP contribution in [0.1, 0.15) is 47.0 Å². The van der Waals surface area contributed by atoms with Crippen LogP contribution in [0.25, 0.3) is 0 Å². The van der Waals surface area contributed by atoms with Crippen LogP contribution in [0.4, 0.5) is 0 Å². The third-order valence-corrected chi connectivity index (χ3v) is 2.32. The molecular formula is C11H25NO. The normalized spacial score (nSPS) is 12.5. The molecule has 0 atom stereocenters. The van der Waals surface area contributed by atoms with Gasteiger partial charge in [-0.1, -0.05) is 13.3 Å². The van der Waals surface area contributed by atoms with Crippen LogP contribution in [-0.4, -0.2) is 35.2 Å². The largest absolute Gasteiger partial charge is 0.396 e. The lowest BCUT2D eigenvalue weighted by molar-refractivity contribution is 0.122. The van der Waals surface area contributed by atoms with Gasteiger partial charge >= 0.3 is 0 Å². The maximum absolute atomic E-state index is 8.78. The molecule has 2 nitrogen and oxygen atoms in total. The second kappa shape index (κ2) is 6.39. The number of aliphatic hydroxyl groups excluding tert-OH is 1. The van der Waals surface area contributed by atoms with Crippen LogP contribution >= 0.6 is 0 Å². The van der Waals surface area contributed by atoms with E-state index in [0.717, 1.165) is 19.5 Å². The molecule has 0 aromatic carbocycles. The van der Waals surface area contributed by atoms with Gasteiger partial charge in [-0.25, -0.2) is 0 Å². The van der Waals surface area contributed by atoms with Crippen LogP contribution < -0.4 is 0 Å². The molecule has 0 bridgehead atoms. The molecule has 1 N–H and O–H groups in total. The summed E-state index contributed by atoms with van der Waals surface area (Å²) in [5.74, 6) is 0. The molecule has 2 heteroatoms. The van der Waals surface area contributed by atoms with Gasteiger partial charge in [0, 0.05) is 18.7 Å². The van der Waals surface area contributed by atoms with Gasteiger partial charge in [0.05, 0.1) is 0 Å². The zero-order valence-electron chi connectivity index (χ0n) is 9.64. The molecule has 0 aromatic rings. The summed E-state index contributed by atoms with van der Waals surface area (Å²) >= 11 is 0. The van der Waals surface area contributed by atoms with Crippen molar-refractivity contribution in [3.05, 3.63) is 0 Å². The summed E-state index contributed by atoms with van der Waals surface area (Å²) in [6.07, 6.45) is 3.38. The quantitative estimate of drug-likeness (QED) is 0.689. The Hall–Kier alpha value is -0.0800. The molecule has 0 aliphatic heterocycles. The van der Waals surface area contributed by atoms with E-state index in [1.807, 2.05) is 0 Å². The first kappa shape index (κ1) is 12.9. The predicted octanol–water partition coefficient (Wildman–Crippen LogP) is 2.27. The van der Waals surface area contributed by atoms with Crippen LogP contribution in [0.15, 0.2) is 0 Å². The van der Waals surface area contributed by atoms with Crippen molar-refractivity contribution in [1.29, 1.82) is 0 Å². The van der Waals surface area contributed by atoms with Crippen LogP contribution in [0.3, 0.4) is 0 Å². The number of nitrogens with zero attached hydrogens (tertiary/aromatic N) is 1. The Morgan fingerprint density at radius 3 is 2.00 bits per heavy atom. The maximum atomic E-state index is 8.78. The standard InChI is InChI=1S/C11H25NO/c1-5-6-8-12(9-7-10-13)11(2,3)4/h13H,5-10H2,1-4H3. The average Bonchev–Trinajstić information content (AvgIpc) is 2.02. The number of hydrogen-bond acceptors (Lipinski definition) is 2. The summed E-state index contributed by atoms with van der Waals surface area (Å²) in [6.45, 7) is 11.4. The Balaban J connectivity index is 3.88. The van der Waals surface area contributed by atoms with Gasteiger partial charge in [-0.15, -0.1) is 0 Å². The van der Waals surface area contributed by atoms with E-state index in [4.69, 9.17) is 5.11 Å². The van der Waals surface area contributed by atoms with Crippen molar-refractivity contribution in [1.82, 2.24) is 4.90 Å². The molecule has 0 aromatic heterocycles. The second-order valence-electron chi connectivity index (χ2n) is 4.59. The van der Waals surface area contributed by atoms with Crippen LogP contribution in [-0.2, 0) is 0 Å². The number of aliphatic hydroxyl groups is 1. The topological polar surface area (TPSA) is 23.5 Å². The van der Waals surface area contributed by atoms with Crippen molar-refractivity contribution in [2.45, 2.75) is 52.5 Å². The van der Waals surface area contributed by atoms with Crippen molar-refractivity contribution in [3.63, 3.8) is 0 Å². The van der Waals surface area contributed by atoms with Gasteiger partial charge in [-0.05, 0) is 40.2 Å². The van der Waals surface area contributed by atoms with E-state index in [1.165, 1.54) is 12.8 Å². The van der Waals surface area contributed by atoms with Crippen LogP contribution in [0, 0.1) is 0 Å². The first-order valence-electron chi connectivity index (χ1n) is 5.38. The fraction of sp³-hybridized carbons (Fsp3) is 1.00. The molecule has 0 aliphatic rings. The lowest BCUT2D eigenvalue weighted by atomic mass is 10.1. The predicted molar refractivity (Wildman–Crippen MR) is 57.9 cm³/mol. The van der Waals surface area contributed by atoms with Crippen molar-refractivity contribution in [3.8, 4) is 0 Å². The second-order valence-corrected chi connectivity index (χ2v) is 4.59. The van der Waals surface area contributed by atoms with Gasteiger partial charge in [-0.3, -0.25) is 4.90 Å². The highest BCUT2D eigenvalue weighted by Crippen LogP contribution is 2.14. The third-order valence-electron chi connectivity index (χ3n) is 2.32. The Labute approximate surface area is 82.9 Å². The van der Waals surface area contributed by atoms with Gasteiger partial charge in [-0.2, -0.15) is 0 Å². The molecule has 0 spiro atoms. The summed E-state index contributed by atoms with van der Waals surface area (Å²) in [6, 6.07) is 0. The summed E-state index contributed by atoms with van der Waals surface area (Å²) in [4.78, 5) is 2.45. The number of unbranched alkanes of at least 4 members (excludes halogenated alkanes) is 1. The van der Waals surface area contributed by atoms with Gasteiger partial charge < -0.3 is 5.11 Å². The maximum Gasteiger partial charge on any atom is 0.0443 e. The molecule has 0 saturated heterocycles. The molecule has 13 heavy (non-hydrogen) atoms. The first-order valence-corrected chi connectivity index (χ1v) is 5.38. The zero-order valence-corrected chi connectivity index (χ0v) is 9.64. The molecule has 0 heterocycles.